The van der Waals surface area contributed by atoms with Crippen LogP contribution in [0.1, 0.15) is 99.3 Å². The van der Waals surface area contributed by atoms with Crippen molar-refractivity contribution in [2.75, 3.05) is 13.2 Å². The lowest BCUT2D eigenvalue weighted by atomic mass is 9.55. The molecule has 2 aliphatic carbocycles. The molecule has 0 bridgehead atoms. The van der Waals surface area contributed by atoms with Crippen LogP contribution in [0.25, 0.3) is 0 Å². The average molecular weight is 420 g/mol. The first-order valence-corrected chi connectivity index (χ1v) is 13.3. The number of ether oxygens (including phenoxy) is 1. The number of rotatable bonds is 5. The number of fused-ring (bicyclic) bond motifs is 1. The summed E-state index contributed by atoms with van der Waals surface area (Å²) >= 11 is 0. The maximum atomic E-state index is 9.60. The summed E-state index contributed by atoms with van der Waals surface area (Å²) in [6.07, 6.45) is 11.7. The van der Waals surface area contributed by atoms with Crippen LogP contribution in [0.3, 0.4) is 0 Å². The fourth-order valence-corrected chi connectivity index (χ4v) is 8.79. The predicted molar refractivity (Wildman–Crippen MR) is 124 cm³/mol. The largest absolute Gasteiger partial charge is 0.396 e. The molecular formula is C27H49NO2. The van der Waals surface area contributed by atoms with Crippen molar-refractivity contribution in [1.29, 1.82) is 0 Å². The SMILES string of the molecule is CC[C@]1(C)C[C@H](C2CC3O[C@@]4(CC[C@H](C)CN4)[C@@H](C)C3[C@@]2(C)CC)CCC1CCO. The minimum atomic E-state index is -0.0556. The Labute approximate surface area is 186 Å². The van der Waals surface area contributed by atoms with E-state index in [1.165, 1.54) is 51.4 Å². The van der Waals surface area contributed by atoms with E-state index in [0.717, 1.165) is 30.7 Å². The van der Waals surface area contributed by atoms with E-state index in [9.17, 15) is 5.11 Å². The number of nitrogens with one attached hydrogen (secondary N) is 1. The first-order chi connectivity index (χ1) is 14.2. The van der Waals surface area contributed by atoms with Crippen LogP contribution in [0.5, 0.6) is 0 Å². The van der Waals surface area contributed by atoms with Crippen molar-refractivity contribution in [3.05, 3.63) is 0 Å². The van der Waals surface area contributed by atoms with Crippen LogP contribution in [0.4, 0.5) is 0 Å². The summed E-state index contributed by atoms with van der Waals surface area (Å²) in [7, 11) is 0. The molecule has 3 nitrogen and oxygen atoms in total. The molecule has 2 aliphatic heterocycles. The molecule has 0 radical (unpaired) electrons. The summed E-state index contributed by atoms with van der Waals surface area (Å²) in [5.74, 6) is 4.39. The first kappa shape index (κ1) is 23.1. The van der Waals surface area contributed by atoms with Gasteiger partial charge in [-0.05, 0) is 85.4 Å². The van der Waals surface area contributed by atoms with Crippen LogP contribution in [-0.4, -0.2) is 30.1 Å². The highest BCUT2D eigenvalue weighted by Crippen LogP contribution is 2.65. The lowest BCUT2D eigenvalue weighted by molar-refractivity contribution is -0.110. The zero-order valence-corrected chi connectivity index (χ0v) is 20.7. The van der Waals surface area contributed by atoms with Crippen molar-refractivity contribution >= 4 is 0 Å². The Morgan fingerprint density at radius 3 is 2.43 bits per heavy atom. The molecule has 4 aliphatic rings. The molecule has 0 aromatic carbocycles. The van der Waals surface area contributed by atoms with Crippen LogP contribution in [0.2, 0.25) is 0 Å². The van der Waals surface area contributed by atoms with Crippen molar-refractivity contribution in [3.8, 4) is 0 Å². The third-order valence-corrected chi connectivity index (χ3v) is 11.1. The fraction of sp³-hybridized carbons (Fsp3) is 1.00. The number of piperidine rings is 1. The van der Waals surface area contributed by atoms with Crippen LogP contribution in [0.15, 0.2) is 0 Å². The summed E-state index contributed by atoms with van der Waals surface area (Å²) in [6, 6.07) is 0. The van der Waals surface area contributed by atoms with E-state index in [1.807, 2.05) is 0 Å². The molecule has 1 spiro atoms. The van der Waals surface area contributed by atoms with Gasteiger partial charge < -0.3 is 9.84 Å². The summed E-state index contributed by atoms with van der Waals surface area (Å²) in [5.41, 5.74) is 0.730. The molecular weight excluding hydrogens is 370 g/mol. The highest BCUT2D eigenvalue weighted by Gasteiger charge is 2.65. The van der Waals surface area contributed by atoms with Gasteiger partial charge >= 0.3 is 0 Å². The molecule has 0 aromatic heterocycles. The van der Waals surface area contributed by atoms with Gasteiger partial charge in [0.2, 0.25) is 0 Å². The van der Waals surface area contributed by atoms with Gasteiger partial charge in [-0.15, -0.1) is 0 Å². The molecule has 2 saturated heterocycles. The van der Waals surface area contributed by atoms with Crippen LogP contribution in [0, 0.1) is 46.3 Å². The maximum Gasteiger partial charge on any atom is 0.122 e. The monoisotopic (exact) mass is 419 g/mol. The third kappa shape index (κ3) is 3.50. The number of hydrogen-bond donors (Lipinski definition) is 2. The van der Waals surface area contributed by atoms with Gasteiger partial charge in [-0.2, -0.15) is 0 Å². The molecule has 4 rings (SSSR count). The van der Waals surface area contributed by atoms with Gasteiger partial charge in [0.1, 0.15) is 5.72 Å². The molecule has 174 valence electrons. The van der Waals surface area contributed by atoms with Crippen molar-refractivity contribution < 1.29 is 9.84 Å². The van der Waals surface area contributed by atoms with E-state index < -0.39 is 0 Å². The normalized spacial score (nSPS) is 53.9. The van der Waals surface area contributed by atoms with Gasteiger partial charge in [0.15, 0.2) is 0 Å². The topological polar surface area (TPSA) is 41.5 Å². The Balaban J connectivity index is 1.54. The molecule has 2 heterocycles. The van der Waals surface area contributed by atoms with E-state index in [2.05, 4.69) is 46.9 Å². The Bertz CT molecular complexity index is 600. The second kappa shape index (κ2) is 8.34. The van der Waals surface area contributed by atoms with Crippen molar-refractivity contribution in [3.63, 3.8) is 0 Å². The Morgan fingerprint density at radius 1 is 1.07 bits per heavy atom. The molecule has 0 aromatic rings. The molecule has 3 heteroatoms. The summed E-state index contributed by atoms with van der Waals surface area (Å²) in [4.78, 5) is 0. The van der Waals surface area contributed by atoms with Crippen molar-refractivity contribution in [2.45, 2.75) is 111 Å². The minimum absolute atomic E-state index is 0.0556. The summed E-state index contributed by atoms with van der Waals surface area (Å²) in [5, 5.41) is 13.5. The van der Waals surface area contributed by atoms with Gasteiger partial charge in [-0.3, -0.25) is 5.32 Å². The third-order valence-electron chi connectivity index (χ3n) is 11.1. The van der Waals surface area contributed by atoms with Gasteiger partial charge in [0.05, 0.1) is 6.10 Å². The van der Waals surface area contributed by atoms with Crippen molar-refractivity contribution in [2.24, 2.45) is 46.3 Å². The summed E-state index contributed by atoms with van der Waals surface area (Å²) < 4.78 is 6.99. The van der Waals surface area contributed by atoms with Gasteiger partial charge in [-0.1, -0.05) is 54.4 Å². The second-order valence-electron chi connectivity index (χ2n) is 12.3. The summed E-state index contributed by atoms with van der Waals surface area (Å²) in [6.45, 7) is 16.3. The van der Waals surface area contributed by atoms with Crippen LogP contribution in [-0.2, 0) is 4.74 Å². The molecule has 0 amide bonds. The van der Waals surface area contributed by atoms with Gasteiger partial charge in [0, 0.05) is 19.1 Å². The van der Waals surface area contributed by atoms with E-state index >= 15 is 0 Å². The Hall–Kier alpha value is -0.120. The van der Waals surface area contributed by atoms with E-state index in [0.29, 0.717) is 41.3 Å². The standard InChI is InChI=1S/C27H49NO2/c1-7-25(5)16-20(9-10-21(25)12-14-29)22-15-23-24(26(22,6)8-2)19(4)27(30-23)13-11-18(3)17-28-27/h18-24,28-29H,7-17H2,1-6H3/t18-,19-,20+,21?,22?,23?,24?,25+,26-,27-/m0/s1. The molecule has 2 N–H and O–H groups in total. The van der Waals surface area contributed by atoms with Gasteiger partial charge in [0.25, 0.3) is 0 Å². The lowest BCUT2D eigenvalue weighted by Gasteiger charge is -2.51. The quantitative estimate of drug-likeness (QED) is 0.574. The van der Waals surface area contributed by atoms with Crippen LogP contribution >= 0.6 is 0 Å². The molecule has 2 saturated carbocycles. The Kier molecular flexibility index (Phi) is 6.41. The first-order valence-electron chi connectivity index (χ1n) is 13.3. The van der Waals surface area contributed by atoms with Gasteiger partial charge in [-0.25, -0.2) is 0 Å². The molecule has 10 atom stereocenters. The molecule has 4 unspecified atom stereocenters. The minimum Gasteiger partial charge on any atom is -0.396 e. The highest BCUT2D eigenvalue weighted by molar-refractivity contribution is 5.12. The van der Waals surface area contributed by atoms with E-state index in [1.54, 1.807) is 0 Å². The maximum absolute atomic E-state index is 9.60. The zero-order valence-electron chi connectivity index (χ0n) is 20.7. The predicted octanol–water partition coefficient (Wildman–Crippen LogP) is 6.00. The highest BCUT2D eigenvalue weighted by atomic mass is 16.5. The Morgan fingerprint density at radius 2 is 1.83 bits per heavy atom. The number of aliphatic hydroxyl groups is 1. The molecule has 4 fully saturated rings. The zero-order chi connectivity index (χ0) is 21.7. The van der Waals surface area contributed by atoms with Crippen molar-refractivity contribution in [1.82, 2.24) is 5.32 Å². The average Bonchev–Trinajstić information content (AvgIpc) is 3.18. The van der Waals surface area contributed by atoms with E-state index in [-0.39, 0.29) is 5.72 Å². The van der Waals surface area contributed by atoms with Crippen LogP contribution < -0.4 is 5.32 Å². The fourth-order valence-electron chi connectivity index (χ4n) is 8.79. The smallest absolute Gasteiger partial charge is 0.122 e. The lowest BCUT2D eigenvalue weighted by Crippen LogP contribution is -2.56. The second-order valence-corrected chi connectivity index (χ2v) is 12.3. The number of aliphatic hydroxyl groups excluding tert-OH is 1. The number of hydrogen-bond acceptors (Lipinski definition) is 3. The molecule has 30 heavy (non-hydrogen) atoms. The van der Waals surface area contributed by atoms with E-state index in [4.69, 9.17) is 4.74 Å².